The summed E-state index contributed by atoms with van der Waals surface area (Å²) >= 11 is 7.28. The average Bonchev–Trinajstić information content (AvgIpc) is 2.79. The summed E-state index contributed by atoms with van der Waals surface area (Å²) in [5, 5.41) is 1.89. The highest BCUT2D eigenvalue weighted by atomic mass is 35.5. The number of alkyl halides is 3. The van der Waals surface area contributed by atoms with Gasteiger partial charge < -0.3 is 0 Å². The number of hydrogen-bond acceptors (Lipinski definition) is 2. The van der Waals surface area contributed by atoms with E-state index in [-0.39, 0.29) is 5.02 Å². The van der Waals surface area contributed by atoms with Crippen molar-refractivity contribution in [1.29, 1.82) is 0 Å². The van der Waals surface area contributed by atoms with Gasteiger partial charge in [-0.25, -0.2) is 0 Å². The van der Waals surface area contributed by atoms with Crippen molar-refractivity contribution in [3.63, 3.8) is 0 Å². The molecule has 0 aliphatic carbocycles. The zero-order chi connectivity index (χ0) is 13.2. The van der Waals surface area contributed by atoms with Crippen molar-refractivity contribution in [3.8, 4) is 0 Å². The molecule has 0 N–H and O–H groups in total. The molecule has 0 saturated carbocycles. The topological polar surface area (TPSA) is 12.9 Å². The van der Waals surface area contributed by atoms with E-state index in [0.29, 0.717) is 5.69 Å². The number of nitrogens with zero attached hydrogens (tertiary/aromatic N) is 1. The molecule has 0 amide bonds. The minimum absolute atomic E-state index is 0.0161. The second kappa shape index (κ2) is 5.12. The number of aromatic nitrogens is 1. The smallest absolute Gasteiger partial charge is 0.255 e. The quantitative estimate of drug-likeness (QED) is 0.759. The van der Waals surface area contributed by atoms with E-state index < -0.39 is 11.7 Å². The molecule has 0 saturated heterocycles. The van der Waals surface area contributed by atoms with Crippen molar-refractivity contribution in [3.05, 3.63) is 50.9 Å². The lowest BCUT2D eigenvalue weighted by Gasteiger charge is -2.07. The Bertz CT molecular complexity index is 561. The molecule has 0 aliphatic rings. The van der Waals surface area contributed by atoms with Crippen LogP contribution in [0.15, 0.2) is 29.8 Å². The molecule has 6 heteroatoms. The third kappa shape index (κ3) is 3.11. The fraction of sp³-hybridized carbons (Fsp3) is 0.0833. The molecule has 2 heterocycles. The minimum Gasteiger partial charge on any atom is -0.255 e. The zero-order valence-electron chi connectivity index (χ0n) is 8.91. The van der Waals surface area contributed by atoms with Crippen LogP contribution >= 0.6 is 22.9 Å². The summed E-state index contributed by atoms with van der Waals surface area (Å²) in [6.45, 7) is 0. The second-order valence-electron chi connectivity index (χ2n) is 3.44. The van der Waals surface area contributed by atoms with Crippen molar-refractivity contribution < 1.29 is 13.2 Å². The molecular formula is C12H7ClF3NS. The Morgan fingerprint density at radius 1 is 1.28 bits per heavy atom. The van der Waals surface area contributed by atoms with Crippen LogP contribution in [-0.4, -0.2) is 4.98 Å². The number of halogens is 4. The standard InChI is InChI=1S/C12H7ClF3NS/c13-10-6-8(12(14,15)16)7-17-11(10)4-3-9-2-1-5-18-9/h1-7H. The molecule has 0 aliphatic heterocycles. The first-order valence-corrected chi connectivity index (χ1v) is 6.17. The van der Waals surface area contributed by atoms with Gasteiger partial charge in [-0.3, -0.25) is 4.98 Å². The maximum Gasteiger partial charge on any atom is 0.417 e. The van der Waals surface area contributed by atoms with Crippen molar-refractivity contribution in [1.82, 2.24) is 4.98 Å². The van der Waals surface area contributed by atoms with E-state index in [0.717, 1.165) is 17.1 Å². The molecule has 0 spiro atoms. The van der Waals surface area contributed by atoms with Gasteiger partial charge >= 0.3 is 6.18 Å². The molecule has 0 aromatic carbocycles. The third-order valence-corrected chi connectivity index (χ3v) is 3.29. The van der Waals surface area contributed by atoms with Crippen LogP contribution in [0, 0.1) is 0 Å². The van der Waals surface area contributed by atoms with Gasteiger partial charge in [-0.15, -0.1) is 11.3 Å². The van der Waals surface area contributed by atoms with E-state index in [1.54, 1.807) is 12.2 Å². The van der Waals surface area contributed by atoms with Gasteiger partial charge in [0.25, 0.3) is 0 Å². The maximum absolute atomic E-state index is 12.4. The van der Waals surface area contributed by atoms with E-state index in [2.05, 4.69) is 4.98 Å². The average molecular weight is 290 g/mol. The normalized spacial score (nSPS) is 12.2. The molecule has 0 unspecified atom stereocenters. The van der Waals surface area contributed by atoms with Crippen LogP contribution in [0.4, 0.5) is 13.2 Å². The lowest BCUT2D eigenvalue weighted by Crippen LogP contribution is -2.05. The molecule has 0 radical (unpaired) electrons. The highest BCUT2D eigenvalue weighted by Gasteiger charge is 2.31. The van der Waals surface area contributed by atoms with Gasteiger partial charge in [0.1, 0.15) is 0 Å². The summed E-state index contributed by atoms with van der Waals surface area (Å²) in [6, 6.07) is 4.65. The highest BCUT2D eigenvalue weighted by Crippen LogP contribution is 2.31. The first-order chi connectivity index (χ1) is 8.47. The van der Waals surface area contributed by atoms with Crippen LogP contribution in [0.1, 0.15) is 16.1 Å². The largest absolute Gasteiger partial charge is 0.417 e. The van der Waals surface area contributed by atoms with Crippen LogP contribution < -0.4 is 0 Å². The molecule has 2 rings (SSSR count). The zero-order valence-corrected chi connectivity index (χ0v) is 10.5. The Hall–Kier alpha value is -1.33. The van der Waals surface area contributed by atoms with E-state index in [9.17, 15) is 13.2 Å². The molecule has 1 nitrogen and oxygen atoms in total. The van der Waals surface area contributed by atoms with Crippen LogP contribution in [-0.2, 0) is 6.18 Å². The summed E-state index contributed by atoms with van der Waals surface area (Å²) in [6.07, 6.45) is -0.299. The van der Waals surface area contributed by atoms with Crippen molar-refractivity contribution >= 4 is 35.1 Å². The van der Waals surface area contributed by atoms with Gasteiger partial charge in [0.05, 0.1) is 16.3 Å². The van der Waals surface area contributed by atoms with Gasteiger partial charge in [0, 0.05) is 11.1 Å². The number of hydrogen-bond donors (Lipinski definition) is 0. The molecule has 0 atom stereocenters. The minimum atomic E-state index is -4.42. The van der Waals surface area contributed by atoms with Gasteiger partial charge in [0.2, 0.25) is 0 Å². The summed E-state index contributed by atoms with van der Waals surface area (Å²) in [5.74, 6) is 0. The molecule has 0 bridgehead atoms. The predicted molar refractivity (Wildman–Crippen MR) is 67.5 cm³/mol. The van der Waals surface area contributed by atoms with E-state index >= 15 is 0 Å². The maximum atomic E-state index is 12.4. The predicted octanol–water partition coefficient (Wildman–Crippen LogP) is 4.99. The molecule has 0 fully saturated rings. The SMILES string of the molecule is FC(F)(F)c1cnc(C=Cc2cccs2)c(Cl)c1. The first-order valence-electron chi connectivity index (χ1n) is 4.91. The number of rotatable bonds is 2. The summed E-state index contributed by atoms with van der Waals surface area (Å²) in [4.78, 5) is 4.69. The van der Waals surface area contributed by atoms with Crippen molar-refractivity contribution in [2.75, 3.05) is 0 Å². The van der Waals surface area contributed by atoms with E-state index in [1.165, 1.54) is 11.3 Å². The molecular weight excluding hydrogens is 283 g/mol. The van der Waals surface area contributed by atoms with Crippen molar-refractivity contribution in [2.24, 2.45) is 0 Å². The Morgan fingerprint density at radius 2 is 2.06 bits per heavy atom. The summed E-state index contributed by atoms with van der Waals surface area (Å²) in [7, 11) is 0. The highest BCUT2D eigenvalue weighted by molar-refractivity contribution is 7.10. The number of pyridine rings is 1. The lowest BCUT2D eigenvalue weighted by molar-refractivity contribution is -0.137. The Balaban J connectivity index is 2.26. The lowest BCUT2D eigenvalue weighted by atomic mass is 10.2. The first kappa shape index (κ1) is 13.1. The third-order valence-electron chi connectivity index (χ3n) is 2.15. The van der Waals surface area contributed by atoms with Crippen LogP contribution in [0.2, 0.25) is 5.02 Å². The Labute approximate surface area is 111 Å². The van der Waals surface area contributed by atoms with Gasteiger partial charge in [-0.2, -0.15) is 13.2 Å². The van der Waals surface area contributed by atoms with Gasteiger partial charge in [0.15, 0.2) is 0 Å². The molecule has 2 aromatic rings. The van der Waals surface area contributed by atoms with E-state index in [4.69, 9.17) is 11.6 Å². The number of thiophene rings is 1. The monoisotopic (exact) mass is 289 g/mol. The molecule has 2 aromatic heterocycles. The van der Waals surface area contributed by atoms with Crippen molar-refractivity contribution in [2.45, 2.75) is 6.18 Å². The molecule has 94 valence electrons. The summed E-state index contributed by atoms with van der Waals surface area (Å²) < 4.78 is 37.2. The Morgan fingerprint density at radius 3 is 2.61 bits per heavy atom. The van der Waals surface area contributed by atoms with Crippen LogP contribution in [0.3, 0.4) is 0 Å². The fourth-order valence-corrected chi connectivity index (χ4v) is 2.12. The fourth-order valence-electron chi connectivity index (χ4n) is 1.27. The summed E-state index contributed by atoms with van der Waals surface area (Å²) in [5.41, 5.74) is -0.529. The Kier molecular flexibility index (Phi) is 3.73. The van der Waals surface area contributed by atoms with Crippen LogP contribution in [0.25, 0.3) is 12.2 Å². The van der Waals surface area contributed by atoms with Gasteiger partial charge in [-0.05, 0) is 29.7 Å². The van der Waals surface area contributed by atoms with E-state index in [1.807, 2.05) is 17.5 Å². The second-order valence-corrected chi connectivity index (χ2v) is 4.82. The van der Waals surface area contributed by atoms with Gasteiger partial charge in [-0.1, -0.05) is 17.7 Å². The van der Waals surface area contributed by atoms with Crippen LogP contribution in [0.5, 0.6) is 0 Å². The molecule has 18 heavy (non-hydrogen) atoms.